The summed E-state index contributed by atoms with van der Waals surface area (Å²) < 4.78 is 5.11. The molecular formula is C42H23BN2. The van der Waals surface area contributed by atoms with Gasteiger partial charge in [-0.25, -0.2) is 0 Å². The molecule has 0 N–H and O–H groups in total. The van der Waals surface area contributed by atoms with E-state index in [-0.39, 0.29) is 6.71 Å². The Morgan fingerprint density at radius 1 is 0.333 bits per heavy atom. The molecular weight excluding hydrogens is 543 g/mol. The Balaban J connectivity index is 1.31. The van der Waals surface area contributed by atoms with Crippen molar-refractivity contribution in [1.82, 2.24) is 9.13 Å². The Labute approximate surface area is 258 Å². The van der Waals surface area contributed by atoms with Gasteiger partial charge < -0.3 is 9.13 Å². The summed E-state index contributed by atoms with van der Waals surface area (Å²) in [7, 11) is 0. The molecule has 2 aliphatic rings. The number of rotatable bonds is 0. The average molecular weight is 566 g/mol. The number of aromatic nitrogens is 2. The molecule has 2 nitrogen and oxygen atoms in total. The third-order valence-electron chi connectivity index (χ3n) is 10.9. The van der Waals surface area contributed by atoms with Gasteiger partial charge in [0.15, 0.2) is 0 Å². The van der Waals surface area contributed by atoms with Crippen molar-refractivity contribution in [2.24, 2.45) is 0 Å². The minimum Gasteiger partial charge on any atom is -0.310 e. The third-order valence-corrected chi connectivity index (χ3v) is 10.9. The second kappa shape index (κ2) is 7.64. The van der Waals surface area contributed by atoms with E-state index >= 15 is 0 Å². The van der Waals surface area contributed by atoms with Crippen LogP contribution in [-0.4, -0.2) is 15.8 Å². The minimum atomic E-state index is 0.174. The smallest absolute Gasteiger partial charge is 0.252 e. The zero-order valence-corrected chi connectivity index (χ0v) is 24.3. The molecule has 0 unspecified atom stereocenters. The van der Waals surface area contributed by atoms with E-state index in [1.165, 1.54) is 104 Å². The highest BCUT2D eigenvalue weighted by molar-refractivity contribution is 7.00. The molecule has 45 heavy (non-hydrogen) atoms. The van der Waals surface area contributed by atoms with Gasteiger partial charge >= 0.3 is 0 Å². The van der Waals surface area contributed by atoms with Crippen molar-refractivity contribution in [3.63, 3.8) is 0 Å². The van der Waals surface area contributed by atoms with Crippen LogP contribution >= 0.6 is 0 Å². The van der Waals surface area contributed by atoms with Crippen molar-refractivity contribution in [3.8, 4) is 11.4 Å². The molecule has 4 heterocycles. The highest BCUT2D eigenvalue weighted by atomic mass is 15.0. The monoisotopic (exact) mass is 566 g/mol. The van der Waals surface area contributed by atoms with Crippen LogP contribution < -0.4 is 16.4 Å². The first-order valence-electron chi connectivity index (χ1n) is 15.8. The molecule has 12 rings (SSSR count). The Hall–Kier alpha value is -5.80. The topological polar surface area (TPSA) is 9.86 Å². The summed E-state index contributed by atoms with van der Waals surface area (Å²) in [5.41, 5.74) is 12.0. The molecule has 0 aliphatic carbocycles. The molecule has 8 aromatic carbocycles. The fourth-order valence-electron chi connectivity index (χ4n) is 9.21. The highest BCUT2D eigenvalue weighted by Gasteiger charge is 2.40. The van der Waals surface area contributed by atoms with Crippen LogP contribution in [0.1, 0.15) is 0 Å². The van der Waals surface area contributed by atoms with E-state index < -0.39 is 0 Å². The van der Waals surface area contributed by atoms with Gasteiger partial charge in [0.2, 0.25) is 0 Å². The lowest BCUT2D eigenvalue weighted by atomic mass is 9.34. The first-order chi connectivity index (χ1) is 22.4. The molecule has 10 aromatic rings. The first-order valence-corrected chi connectivity index (χ1v) is 15.8. The SMILES string of the molecule is c1cc2c3c(c1)-n1c4cc5c6ccccc6c6ccccc6c5cc4c4cccc(c41)B3c1cccc3c4ccccc4n-2c13. The summed E-state index contributed by atoms with van der Waals surface area (Å²) in [6, 6.07) is 52.5. The zero-order chi connectivity index (χ0) is 29.0. The van der Waals surface area contributed by atoms with E-state index in [0.29, 0.717) is 0 Å². The molecule has 0 bridgehead atoms. The lowest BCUT2D eigenvalue weighted by Gasteiger charge is -2.33. The average Bonchev–Trinajstić information content (AvgIpc) is 3.62. The van der Waals surface area contributed by atoms with Crippen LogP contribution in [0.15, 0.2) is 140 Å². The molecule has 0 saturated carbocycles. The minimum absolute atomic E-state index is 0.174. The number of benzene rings is 8. The van der Waals surface area contributed by atoms with Crippen molar-refractivity contribution < 1.29 is 0 Å². The van der Waals surface area contributed by atoms with E-state index in [9.17, 15) is 0 Å². The first kappa shape index (κ1) is 22.7. The van der Waals surface area contributed by atoms with Crippen LogP contribution in [-0.2, 0) is 0 Å². The summed E-state index contributed by atoms with van der Waals surface area (Å²) in [6.45, 7) is 0.174. The van der Waals surface area contributed by atoms with Crippen LogP contribution in [0.4, 0.5) is 0 Å². The zero-order valence-electron chi connectivity index (χ0n) is 24.3. The maximum absolute atomic E-state index is 2.58. The van der Waals surface area contributed by atoms with Crippen LogP contribution in [0.5, 0.6) is 0 Å². The Morgan fingerprint density at radius 2 is 0.800 bits per heavy atom. The summed E-state index contributed by atoms with van der Waals surface area (Å²) in [5, 5.41) is 13.2. The van der Waals surface area contributed by atoms with Gasteiger partial charge in [-0.3, -0.25) is 0 Å². The van der Waals surface area contributed by atoms with Crippen molar-refractivity contribution >= 4 is 99.0 Å². The van der Waals surface area contributed by atoms with Crippen LogP contribution in [0.25, 0.3) is 87.3 Å². The molecule has 204 valence electrons. The molecule has 0 spiro atoms. The van der Waals surface area contributed by atoms with Crippen molar-refractivity contribution in [2.75, 3.05) is 0 Å². The van der Waals surface area contributed by atoms with E-state index in [1.807, 2.05) is 0 Å². The second-order valence-electron chi connectivity index (χ2n) is 12.8. The van der Waals surface area contributed by atoms with Gasteiger partial charge in [0, 0.05) is 44.0 Å². The van der Waals surface area contributed by atoms with Crippen LogP contribution in [0.3, 0.4) is 0 Å². The van der Waals surface area contributed by atoms with Crippen LogP contribution in [0, 0.1) is 0 Å². The predicted molar refractivity (Wildman–Crippen MR) is 192 cm³/mol. The Kier molecular flexibility index (Phi) is 3.85. The van der Waals surface area contributed by atoms with Crippen molar-refractivity contribution in [1.29, 1.82) is 0 Å². The van der Waals surface area contributed by atoms with Crippen LogP contribution in [0.2, 0.25) is 0 Å². The fourth-order valence-corrected chi connectivity index (χ4v) is 9.21. The van der Waals surface area contributed by atoms with Crippen molar-refractivity contribution in [3.05, 3.63) is 140 Å². The lowest BCUT2D eigenvalue weighted by Crippen LogP contribution is -2.59. The Morgan fingerprint density at radius 3 is 1.44 bits per heavy atom. The largest absolute Gasteiger partial charge is 0.310 e. The normalized spacial score (nSPS) is 13.3. The molecule has 3 heteroatoms. The van der Waals surface area contributed by atoms with E-state index in [2.05, 4.69) is 149 Å². The Bertz CT molecular complexity index is 2990. The van der Waals surface area contributed by atoms with E-state index in [1.54, 1.807) is 0 Å². The number of fused-ring (bicyclic) bond motifs is 16. The number of hydrogen-bond donors (Lipinski definition) is 0. The highest BCUT2D eigenvalue weighted by Crippen LogP contribution is 2.42. The standard InChI is InChI=1S/C42H23BN2/c1-3-12-26-24(10-1)25-11-2-4-13-27(25)32-23-39-33(22-31(26)32)30-16-8-18-35-42(30)45(39)38-21-9-20-37-40(38)43(35)34-17-7-15-29-28-14-5-6-19-36(28)44(37)41(29)34/h1-23H. The van der Waals surface area contributed by atoms with Gasteiger partial charge in [-0.05, 0) is 79.0 Å². The van der Waals surface area contributed by atoms with E-state index in [4.69, 9.17) is 0 Å². The number of hydrogen-bond acceptors (Lipinski definition) is 0. The summed E-state index contributed by atoms with van der Waals surface area (Å²) in [5.74, 6) is 0. The maximum atomic E-state index is 2.58. The van der Waals surface area contributed by atoms with Gasteiger partial charge in [0.05, 0.1) is 11.0 Å². The molecule has 0 amide bonds. The second-order valence-corrected chi connectivity index (χ2v) is 12.8. The molecule has 2 aliphatic heterocycles. The van der Waals surface area contributed by atoms with Gasteiger partial charge in [-0.15, -0.1) is 0 Å². The summed E-state index contributed by atoms with van der Waals surface area (Å²) in [4.78, 5) is 0. The van der Waals surface area contributed by atoms with Crippen molar-refractivity contribution in [2.45, 2.75) is 0 Å². The molecule has 0 fully saturated rings. The molecule has 2 aromatic heterocycles. The van der Waals surface area contributed by atoms with Gasteiger partial charge in [0.25, 0.3) is 6.71 Å². The molecule has 0 radical (unpaired) electrons. The molecule has 0 atom stereocenters. The summed E-state index contributed by atoms with van der Waals surface area (Å²) >= 11 is 0. The summed E-state index contributed by atoms with van der Waals surface area (Å²) in [6.07, 6.45) is 0. The van der Waals surface area contributed by atoms with Gasteiger partial charge in [0.1, 0.15) is 0 Å². The lowest BCUT2D eigenvalue weighted by molar-refractivity contribution is 1.14. The fraction of sp³-hybridized carbons (Fsp3) is 0. The maximum Gasteiger partial charge on any atom is 0.252 e. The third kappa shape index (κ3) is 2.51. The predicted octanol–water partition coefficient (Wildman–Crippen LogP) is 8.48. The van der Waals surface area contributed by atoms with E-state index in [0.717, 1.165) is 0 Å². The number of nitrogens with zero attached hydrogens (tertiary/aromatic N) is 2. The van der Waals surface area contributed by atoms with Gasteiger partial charge in [-0.1, -0.05) is 109 Å². The van der Waals surface area contributed by atoms with Gasteiger partial charge in [-0.2, -0.15) is 0 Å². The number of para-hydroxylation sites is 3. The quantitative estimate of drug-likeness (QED) is 0.129. The molecule has 0 saturated heterocycles.